The Morgan fingerprint density at radius 1 is 0.941 bits per heavy atom. The summed E-state index contributed by atoms with van der Waals surface area (Å²) in [5, 5.41) is 1.19. The van der Waals surface area contributed by atoms with Crippen molar-refractivity contribution < 1.29 is 28.7 Å². The Morgan fingerprint density at radius 3 is 1.65 bits per heavy atom. The largest absolute Gasteiger partial charge is 0.464 e. The number of hydrogen-bond donors (Lipinski definition) is 0. The highest BCUT2D eigenvalue weighted by Gasteiger charge is 2.20. The molecule has 7 heteroatoms. The topological polar surface area (TPSA) is 82.1 Å². The molecule has 0 saturated carbocycles. The Morgan fingerprint density at radius 2 is 1.35 bits per heavy atom. The minimum absolute atomic E-state index is 0.0353. The van der Waals surface area contributed by atoms with E-state index in [1.54, 1.807) is 0 Å². The zero-order valence-electron chi connectivity index (χ0n) is 10.4. The first-order valence-corrected chi connectivity index (χ1v) is 5.01. The van der Waals surface area contributed by atoms with Gasteiger partial charge < -0.3 is 14.3 Å². The highest BCUT2D eigenvalue weighted by Crippen LogP contribution is 2.01. The summed E-state index contributed by atoms with van der Waals surface area (Å²) < 4.78 is 9.55. The Hall–Kier alpha value is -1.63. The van der Waals surface area contributed by atoms with Crippen molar-refractivity contribution in [2.75, 3.05) is 20.3 Å². The van der Waals surface area contributed by atoms with E-state index in [1.165, 1.54) is 32.9 Å². The van der Waals surface area contributed by atoms with E-state index in [1.807, 2.05) is 0 Å². The normalized spacial score (nSPS) is 10.2. The van der Waals surface area contributed by atoms with Gasteiger partial charge in [-0.25, -0.2) is 0 Å². The van der Waals surface area contributed by atoms with Crippen molar-refractivity contribution in [1.29, 1.82) is 0 Å². The van der Waals surface area contributed by atoms with Crippen LogP contribution in [-0.2, 0) is 28.7 Å². The third-order valence-corrected chi connectivity index (χ3v) is 1.74. The van der Waals surface area contributed by atoms with E-state index < -0.39 is 23.9 Å². The quantitative estimate of drug-likeness (QED) is 0.478. The number of carbonyl (C=O) groups excluding carboxylic acids is 3. The number of nitrogens with zero attached hydrogens (tertiary/aromatic N) is 1. The number of ether oxygens (including phenoxy) is 2. The van der Waals surface area contributed by atoms with Gasteiger partial charge in [-0.1, -0.05) is 0 Å². The van der Waals surface area contributed by atoms with Gasteiger partial charge >= 0.3 is 17.9 Å². The van der Waals surface area contributed by atoms with Gasteiger partial charge in [0.25, 0.3) is 0 Å². The van der Waals surface area contributed by atoms with Crippen LogP contribution in [0.25, 0.3) is 0 Å². The van der Waals surface area contributed by atoms with Crippen LogP contribution in [0.3, 0.4) is 0 Å². The van der Waals surface area contributed by atoms with Gasteiger partial charge in [0.1, 0.15) is 19.3 Å². The molecule has 0 N–H and O–H groups in total. The fourth-order valence-corrected chi connectivity index (χ4v) is 0.962. The fraction of sp³-hybridized carbons (Fsp3) is 0.700. The SMILES string of the molecule is CC(=O)OCC(COC(C)=O)N(C)OC(C)=O. The molecule has 0 amide bonds. The van der Waals surface area contributed by atoms with Crippen LogP contribution in [0.2, 0.25) is 0 Å². The molecule has 0 aliphatic carbocycles. The molecule has 0 aliphatic heterocycles. The van der Waals surface area contributed by atoms with Crippen LogP contribution in [0.15, 0.2) is 0 Å². The minimum Gasteiger partial charge on any atom is -0.464 e. The number of hydrogen-bond acceptors (Lipinski definition) is 7. The Balaban J connectivity index is 4.31. The molecule has 0 aromatic carbocycles. The maximum absolute atomic E-state index is 10.8. The lowest BCUT2D eigenvalue weighted by atomic mass is 10.3. The lowest BCUT2D eigenvalue weighted by molar-refractivity contribution is -0.201. The molecule has 0 aliphatic rings. The molecule has 0 spiro atoms. The second kappa shape index (κ2) is 7.61. The number of hydroxylamine groups is 2. The van der Waals surface area contributed by atoms with Gasteiger partial charge in [0, 0.05) is 27.8 Å². The number of carbonyl (C=O) groups is 3. The predicted octanol–water partition coefficient (Wildman–Crippen LogP) is -0.109. The maximum Gasteiger partial charge on any atom is 0.322 e. The van der Waals surface area contributed by atoms with Gasteiger partial charge in [0.15, 0.2) is 0 Å². The maximum atomic E-state index is 10.8. The van der Waals surface area contributed by atoms with Crippen molar-refractivity contribution in [1.82, 2.24) is 5.06 Å². The molecule has 0 fully saturated rings. The average molecular weight is 247 g/mol. The second-order valence-corrected chi connectivity index (χ2v) is 3.39. The molecular formula is C10H17NO6. The Bertz CT molecular complexity index is 273. The van der Waals surface area contributed by atoms with Crippen LogP contribution in [-0.4, -0.2) is 49.3 Å². The number of rotatable bonds is 6. The van der Waals surface area contributed by atoms with Crippen molar-refractivity contribution in [3.05, 3.63) is 0 Å². The van der Waals surface area contributed by atoms with Gasteiger partial charge in [-0.2, -0.15) is 0 Å². The first-order chi connectivity index (χ1) is 7.82. The number of likely N-dealkylation sites (N-methyl/N-ethyl adjacent to an activating group) is 1. The average Bonchev–Trinajstić information content (AvgIpc) is 2.15. The summed E-state index contributed by atoms with van der Waals surface area (Å²) in [6.45, 7) is 3.69. The molecule has 0 rings (SSSR count). The highest BCUT2D eigenvalue weighted by molar-refractivity contribution is 5.66. The Kier molecular flexibility index (Phi) is 6.88. The van der Waals surface area contributed by atoms with Crippen LogP contribution in [0.5, 0.6) is 0 Å². The van der Waals surface area contributed by atoms with Crippen molar-refractivity contribution in [2.45, 2.75) is 26.8 Å². The summed E-state index contributed by atoms with van der Waals surface area (Å²) in [5.74, 6) is -1.44. The number of esters is 2. The molecular weight excluding hydrogens is 230 g/mol. The predicted molar refractivity (Wildman–Crippen MR) is 56.6 cm³/mol. The van der Waals surface area contributed by atoms with Crippen LogP contribution in [0.4, 0.5) is 0 Å². The van der Waals surface area contributed by atoms with E-state index in [2.05, 4.69) is 0 Å². The van der Waals surface area contributed by atoms with Crippen molar-refractivity contribution in [3.8, 4) is 0 Å². The third kappa shape index (κ3) is 8.21. The smallest absolute Gasteiger partial charge is 0.322 e. The van der Waals surface area contributed by atoms with Gasteiger partial charge in [0.2, 0.25) is 0 Å². The molecule has 17 heavy (non-hydrogen) atoms. The first-order valence-electron chi connectivity index (χ1n) is 5.01. The van der Waals surface area contributed by atoms with Gasteiger partial charge in [-0.15, -0.1) is 5.06 Å². The van der Waals surface area contributed by atoms with Crippen molar-refractivity contribution >= 4 is 17.9 Å². The van der Waals surface area contributed by atoms with Crippen LogP contribution in [0, 0.1) is 0 Å². The van der Waals surface area contributed by atoms with Crippen molar-refractivity contribution in [3.63, 3.8) is 0 Å². The summed E-state index contributed by atoms with van der Waals surface area (Å²) >= 11 is 0. The molecule has 0 aromatic heterocycles. The lowest BCUT2D eigenvalue weighted by Gasteiger charge is -2.25. The third-order valence-electron chi connectivity index (χ3n) is 1.74. The van der Waals surface area contributed by atoms with Gasteiger partial charge in [-0.05, 0) is 0 Å². The zero-order valence-corrected chi connectivity index (χ0v) is 10.4. The molecule has 0 radical (unpaired) electrons. The molecule has 0 saturated heterocycles. The molecule has 98 valence electrons. The van der Waals surface area contributed by atoms with Crippen molar-refractivity contribution in [2.24, 2.45) is 0 Å². The summed E-state index contributed by atoms with van der Waals surface area (Å²) in [6.07, 6.45) is 0. The van der Waals surface area contributed by atoms with Crippen LogP contribution < -0.4 is 0 Å². The van der Waals surface area contributed by atoms with Gasteiger partial charge in [-0.3, -0.25) is 14.4 Å². The fourth-order valence-electron chi connectivity index (χ4n) is 0.962. The van der Waals surface area contributed by atoms with Crippen LogP contribution >= 0.6 is 0 Å². The lowest BCUT2D eigenvalue weighted by Crippen LogP contribution is -2.41. The molecule has 7 nitrogen and oxygen atoms in total. The summed E-state index contributed by atoms with van der Waals surface area (Å²) in [6, 6.07) is -0.535. The van der Waals surface area contributed by atoms with E-state index in [0.29, 0.717) is 0 Å². The summed E-state index contributed by atoms with van der Waals surface area (Å²) in [5.41, 5.74) is 0. The highest BCUT2D eigenvalue weighted by atomic mass is 16.7. The summed E-state index contributed by atoms with van der Waals surface area (Å²) in [7, 11) is 1.49. The second-order valence-electron chi connectivity index (χ2n) is 3.39. The molecule has 0 heterocycles. The first kappa shape index (κ1) is 15.4. The molecule has 0 unspecified atom stereocenters. The van der Waals surface area contributed by atoms with Gasteiger partial charge in [0.05, 0.1) is 0 Å². The van der Waals surface area contributed by atoms with E-state index >= 15 is 0 Å². The summed E-state index contributed by atoms with van der Waals surface area (Å²) in [4.78, 5) is 36.9. The van der Waals surface area contributed by atoms with E-state index in [0.717, 1.165) is 0 Å². The van der Waals surface area contributed by atoms with E-state index in [4.69, 9.17) is 14.3 Å². The van der Waals surface area contributed by atoms with E-state index in [9.17, 15) is 14.4 Å². The molecule has 0 bridgehead atoms. The monoisotopic (exact) mass is 247 g/mol. The minimum atomic E-state index is -0.535. The Labute approximate surface area is 99.6 Å². The molecule has 0 aromatic rings. The zero-order chi connectivity index (χ0) is 13.4. The van der Waals surface area contributed by atoms with Crippen LogP contribution in [0.1, 0.15) is 20.8 Å². The van der Waals surface area contributed by atoms with E-state index in [-0.39, 0.29) is 13.2 Å². The molecule has 0 atom stereocenters. The standard InChI is InChI=1S/C10H17NO6/c1-7(12)15-5-10(6-16-8(2)13)11(4)17-9(3)14/h10H,5-6H2,1-4H3.